The van der Waals surface area contributed by atoms with Gasteiger partial charge >= 0.3 is 5.97 Å². The van der Waals surface area contributed by atoms with Gasteiger partial charge in [0.2, 0.25) is 41.4 Å². The predicted octanol–water partition coefficient (Wildman–Crippen LogP) is -6.87. The van der Waals surface area contributed by atoms with E-state index in [-0.39, 0.29) is 49.2 Å². The summed E-state index contributed by atoms with van der Waals surface area (Å²) in [4.78, 5) is 104. The lowest BCUT2D eigenvalue weighted by Gasteiger charge is -2.26. The quantitative estimate of drug-likeness (QED) is 0.0177. The first-order valence-electron chi connectivity index (χ1n) is 15.9. The summed E-state index contributed by atoms with van der Waals surface area (Å²) < 4.78 is 0. The maximum absolute atomic E-state index is 13.1. The van der Waals surface area contributed by atoms with Crippen LogP contribution in [0.3, 0.4) is 0 Å². The van der Waals surface area contributed by atoms with Gasteiger partial charge < -0.3 is 70.2 Å². The molecule has 7 atom stereocenters. The zero-order valence-electron chi connectivity index (χ0n) is 28.7. The topological polar surface area (TPSA) is 386 Å². The van der Waals surface area contributed by atoms with Crippen LogP contribution < -0.4 is 54.8 Å². The van der Waals surface area contributed by atoms with Gasteiger partial charge in [0.15, 0.2) is 5.96 Å². The Morgan fingerprint density at radius 3 is 1.48 bits per heavy atom. The molecule has 0 bridgehead atoms. The fourth-order valence-electron chi connectivity index (χ4n) is 4.18. The van der Waals surface area contributed by atoms with Crippen LogP contribution in [0.2, 0.25) is 0 Å². The molecule has 0 radical (unpaired) electrons. The summed E-state index contributed by atoms with van der Waals surface area (Å²) in [7, 11) is 0. The first-order chi connectivity index (χ1) is 24.3. The second-order valence-corrected chi connectivity index (χ2v) is 12.5. The number of guanidine groups is 1. The maximum atomic E-state index is 13.1. The number of aliphatic hydroxyl groups is 2. The lowest BCUT2D eigenvalue weighted by atomic mass is 10.0. The lowest BCUT2D eigenvalue weighted by Crippen LogP contribution is -2.61. The van der Waals surface area contributed by atoms with Gasteiger partial charge in [-0.25, -0.2) is 0 Å². The van der Waals surface area contributed by atoms with Gasteiger partial charge in [-0.15, -0.1) is 0 Å². The summed E-state index contributed by atoms with van der Waals surface area (Å²) in [5, 5.41) is 42.6. The van der Waals surface area contributed by atoms with Crippen molar-refractivity contribution in [1.82, 2.24) is 31.9 Å². The predicted molar refractivity (Wildman–Crippen MR) is 192 cm³/mol. The summed E-state index contributed by atoms with van der Waals surface area (Å²) in [5.74, 6) is -9.17. The maximum Gasteiger partial charge on any atom is 0.305 e. The van der Waals surface area contributed by atoms with Gasteiger partial charge in [0.1, 0.15) is 36.3 Å². The molecular formula is C28H51N11O11S2. The number of carbonyl (C=O) groups is 8. The summed E-state index contributed by atoms with van der Waals surface area (Å²) in [5.41, 5.74) is 21.5. The number of hydrogen-bond donors (Lipinski definition) is 15. The molecule has 52 heavy (non-hydrogen) atoms. The van der Waals surface area contributed by atoms with E-state index in [0.717, 1.165) is 0 Å². The Labute approximate surface area is 310 Å². The van der Waals surface area contributed by atoms with Crippen molar-refractivity contribution in [3.05, 3.63) is 0 Å². The van der Waals surface area contributed by atoms with Gasteiger partial charge in [0.05, 0.1) is 25.7 Å². The van der Waals surface area contributed by atoms with Crippen LogP contribution in [0.5, 0.6) is 0 Å². The molecule has 0 aromatic rings. The van der Waals surface area contributed by atoms with Crippen LogP contribution in [0.4, 0.5) is 0 Å². The summed E-state index contributed by atoms with van der Waals surface area (Å²) in [6, 6.07) is -10.3. The van der Waals surface area contributed by atoms with Gasteiger partial charge in [0, 0.05) is 18.1 Å². The SMILES string of the molecule is CC(C)C[C@H](NC(=O)[C@H](CO)NC(=O)[C@H](CC(=O)O)NC(=O)[C@H](CO)NC(=O)[C@H](CCCN=C(N)N)NC(=O)[C@@H](N)CS)C(=O)N[C@@H](CS)C(N)=O. The molecule has 0 saturated heterocycles. The highest BCUT2D eigenvalue weighted by molar-refractivity contribution is 7.80. The summed E-state index contributed by atoms with van der Waals surface area (Å²) in [6.45, 7) is 1.45. The van der Waals surface area contributed by atoms with Crippen LogP contribution in [0.1, 0.15) is 39.5 Å². The lowest BCUT2D eigenvalue weighted by molar-refractivity contribution is -0.142. The number of carboxylic acid groups (broad SMARTS) is 1. The van der Waals surface area contributed by atoms with Crippen molar-refractivity contribution >= 4 is 78.5 Å². The molecule has 0 aliphatic heterocycles. The normalized spacial score (nSPS) is 14.9. The van der Waals surface area contributed by atoms with Gasteiger partial charge in [-0.1, -0.05) is 13.8 Å². The minimum absolute atomic E-state index is 0.0521. The number of thiol groups is 2. The van der Waals surface area contributed by atoms with E-state index >= 15 is 0 Å². The molecule has 22 nitrogen and oxygen atoms in total. The third-order valence-corrected chi connectivity index (χ3v) is 7.70. The molecule has 296 valence electrons. The Morgan fingerprint density at radius 2 is 1.06 bits per heavy atom. The van der Waals surface area contributed by atoms with Crippen LogP contribution >= 0.6 is 25.3 Å². The van der Waals surface area contributed by atoms with Gasteiger partial charge in [0.25, 0.3) is 0 Å². The molecular weight excluding hydrogens is 731 g/mol. The van der Waals surface area contributed by atoms with E-state index in [2.05, 4.69) is 62.2 Å². The van der Waals surface area contributed by atoms with Crippen molar-refractivity contribution in [3.63, 3.8) is 0 Å². The van der Waals surface area contributed by atoms with Crippen LogP contribution in [0, 0.1) is 5.92 Å². The number of rotatable bonds is 25. The van der Waals surface area contributed by atoms with Crippen molar-refractivity contribution in [2.75, 3.05) is 31.3 Å². The third-order valence-electron chi connectivity index (χ3n) is 6.94. The Morgan fingerprint density at radius 1 is 0.635 bits per heavy atom. The number of amides is 7. The molecule has 0 fully saturated rings. The van der Waals surface area contributed by atoms with Crippen LogP contribution in [-0.4, -0.2) is 142 Å². The van der Waals surface area contributed by atoms with E-state index in [1.165, 1.54) is 0 Å². The van der Waals surface area contributed by atoms with Crippen molar-refractivity contribution in [2.45, 2.75) is 81.8 Å². The van der Waals surface area contributed by atoms with E-state index < -0.39 is 109 Å². The average Bonchev–Trinajstić information content (AvgIpc) is 3.07. The fraction of sp³-hybridized carbons (Fsp3) is 0.679. The minimum Gasteiger partial charge on any atom is -0.481 e. The Bertz CT molecular complexity index is 1290. The van der Waals surface area contributed by atoms with Crippen LogP contribution in [0.25, 0.3) is 0 Å². The molecule has 0 aromatic heterocycles. The summed E-state index contributed by atoms with van der Waals surface area (Å²) >= 11 is 7.89. The van der Waals surface area contributed by atoms with Crippen molar-refractivity contribution in [3.8, 4) is 0 Å². The molecule has 0 aliphatic carbocycles. The number of carbonyl (C=O) groups excluding carboxylic acids is 7. The van der Waals surface area contributed by atoms with Crippen LogP contribution in [0.15, 0.2) is 4.99 Å². The van der Waals surface area contributed by atoms with Gasteiger partial charge in [-0.2, -0.15) is 25.3 Å². The molecule has 0 saturated carbocycles. The zero-order chi connectivity index (χ0) is 40.1. The highest BCUT2D eigenvalue weighted by Gasteiger charge is 2.34. The van der Waals surface area contributed by atoms with Crippen molar-refractivity contribution in [2.24, 2.45) is 33.8 Å². The summed E-state index contributed by atoms with van der Waals surface area (Å²) in [6.07, 6.45) is -0.875. The van der Waals surface area contributed by atoms with Crippen molar-refractivity contribution < 1.29 is 53.7 Å². The smallest absolute Gasteiger partial charge is 0.305 e. The van der Waals surface area contributed by atoms with E-state index in [9.17, 15) is 53.7 Å². The largest absolute Gasteiger partial charge is 0.481 e. The number of aliphatic carboxylic acids is 1. The highest BCUT2D eigenvalue weighted by atomic mass is 32.1. The molecule has 7 amide bonds. The molecule has 0 unspecified atom stereocenters. The first kappa shape index (κ1) is 47.6. The number of aliphatic imine (C=N–C) groups is 1. The molecule has 0 rings (SSSR count). The number of aliphatic hydroxyl groups excluding tert-OH is 2. The number of nitrogens with zero attached hydrogens (tertiary/aromatic N) is 1. The van der Waals surface area contributed by atoms with E-state index in [0.29, 0.717) is 0 Å². The van der Waals surface area contributed by atoms with E-state index in [4.69, 9.17) is 22.9 Å². The van der Waals surface area contributed by atoms with Gasteiger partial charge in [-0.3, -0.25) is 43.3 Å². The van der Waals surface area contributed by atoms with E-state index in [1.54, 1.807) is 13.8 Å². The fourth-order valence-corrected chi connectivity index (χ4v) is 4.61. The number of carboxylic acids is 1. The van der Waals surface area contributed by atoms with Gasteiger partial charge in [-0.05, 0) is 25.2 Å². The van der Waals surface area contributed by atoms with E-state index in [1.807, 2.05) is 0 Å². The van der Waals surface area contributed by atoms with Crippen LogP contribution in [-0.2, 0) is 38.4 Å². The Balaban J connectivity index is 5.92. The minimum atomic E-state index is -1.91. The number of nitrogens with two attached hydrogens (primary N) is 4. The molecule has 0 aliphatic rings. The molecule has 0 heterocycles. The molecule has 0 aromatic carbocycles. The second kappa shape index (κ2) is 24.7. The molecule has 17 N–H and O–H groups in total. The number of nitrogens with one attached hydrogen (secondary N) is 6. The number of primary amides is 1. The highest BCUT2D eigenvalue weighted by Crippen LogP contribution is 2.07. The third kappa shape index (κ3) is 18.2. The first-order valence-corrected chi connectivity index (χ1v) is 17.2. The average molecular weight is 782 g/mol. The molecule has 0 spiro atoms. The standard InChI is InChI=1S/C28H51N11O11S2/c1-12(2)6-15(24(47)39-19(11-52)21(30)44)35-26(49)18(9-41)38-25(48)16(7-20(42)43)36-27(50)17(8-40)37-23(46)14(4-3-5-33-28(31)32)34-22(45)13(29)10-51/h12-19,40-41,51-52H,3-11,29H2,1-2H3,(H2,30,44)(H,34,45)(H,35,49)(H,36,50)(H,37,46)(H,38,48)(H,39,47)(H,42,43)(H4,31,32,33)/t13-,14-,15-,16-,17-,18-,19-/m0/s1. The van der Waals surface area contributed by atoms with Crippen molar-refractivity contribution in [1.29, 1.82) is 0 Å². The Kier molecular flexibility index (Phi) is 22.6. The Hall–Kier alpha value is -4.39. The molecule has 24 heteroatoms. The zero-order valence-corrected chi connectivity index (χ0v) is 30.5. The number of hydrogen-bond acceptors (Lipinski definition) is 14. The monoisotopic (exact) mass is 781 g/mol. The second-order valence-electron chi connectivity index (χ2n) is 11.8.